The Kier molecular flexibility index (Phi) is 6.12. The molecular weight excluding hydrogens is 328 g/mol. The Hall–Kier alpha value is -2.53. The minimum atomic E-state index is -0.0161. The van der Waals surface area contributed by atoms with E-state index >= 15 is 0 Å². The van der Waals surface area contributed by atoms with Gasteiger partial charge in [-0.25, -0.2) is 0 Å². The van der Waals surface area contributed by atoms with Crippen LogP contribution in [0.3, 0.4) is 0 Å². The SMILES string of the molecule is CCOc1ccccc1NC(=O)CN1CCCC1c1ccc(OC)cc1. The lowest BCUT2D eigenvalue weighted by Gasteiger charge is -2.24. The van der Waals surface area contributed by atoms with Crippen LogP contribution >= 0.6 is 0 Å². The highest BCUT2D eigenvalue weighted by Crippen LogP contribution is 2.32. The summed E-state index contributed by atoms with van der Waals surface area (Å²) < 4.78 is 10.8. The minimum absolute atomic E-state index is 0.0161. The molecule has 138 valence electrons. The van der Waals surface area contributed by atoms with Crippen LogP contribution in [-0.2, 0) is 4.79 Å². The lowest BCUT2D eigenvalue weighted by atomic mass is 10.0. The fourth-order valence-corrected chi connectivity index (χ4v) is 3.44. The Labute approximate surface area is 154 Å². The molecule has 1 atom stereocenters. The Morgan fingerprint density at radius 3 is 2.69 bits per heavy atom. The van der Waals surface area contributed by atoms with Crippen molar-refractivity contribution < 1.29 is 14.3 Å². The number of nitrogens with one attached hydrogen (secondary N) is 1. The molecule has 3 rings (SSSR count). The van der Waals surface area contributed by atoms with E-state index in [0.29, 0.717) is 18.9 Å². The Bertz CT molecular complexity index is 730. The molecule has 1 fully saturated rings. The van der Waals surface area contributed by atoms with Crippen molar-refractivity contribution in [3.63, 3.8) is 0 Å². The van der Waals surface area contributed by atoms with Crippen molar-refractivity contribution in [2.45, 2.75) is 25.8 Å². The standard InChI is InChI=1S/C21H26N2O3/c1-3-26-20-9-5-4-7-18(20)22-21(24)15-23-14-6-8-19(23)16-10-12-17(25-2)13-11-16/h4-5,7,9-13,19H,3,6,8,14-15H2,1-2H3,(H,22,24). The summed E-state index contributed by atoms with van der Waals surface area (Å²) in [5.41, 5.74) is 1.95. The number of nitrogens with zero attached hydrogens (tertiary/aromatic N) is 1. The minimum Gasteiger partial charge on any atom is -0.497 e. The summed E-state index contributed by atoms with van der Waals surface area (Å²) in [7, 11) is 1.67. The van der Waals surface area contributed by atoms with E-state index in [1.54, 1.807) is 7.11 Å². The van der Waals surface area contributed by atoms with Gasteiger partial charge in [0.15, 0.2) is 0 Å². The van der Waals surface area contributed by atoms with E-state index in [2.05, 4.69) is 22.3 Å². The predicted octanol–water partition coefficient (Wildman–Crippen LogP) is 3.87. The third kappa shape index (κ3) is 4.35. The van der Waals surface area contributed by atoms with Gasteiger partial charge < -0.3 is 14.8 Å². The molecule has 1 unspecified atom stereocenters. The quantitative estimate of drug-likeness (QED) is 0.820. The number of carbonyl (C=O) groups is 1. The molecular formula is C21H26N2O3. The molecule has 0 spiro atoms. The van der Waals surface area contributed by atoms with Crippen LogP contribution in [0.2, 0.25) is 0 Å². The van der Waals surface area contributed by atoms with Crippen molar-refractivity contribution in [2.75, 3.05) is 32.1 Å². The van der Waals surface area contributed by atoms with Gasteiger partial charge in [-0.3, -0.25) is 9.69 Å². The molecule has 0 saturated carbocycles. The second-order valence-corrected chi connectivity index (χ2v) is 6.38. The Balaban J connectivity index is 1.64. The van der Waals surface area contributed by atoms with E-state index in [1.165, 1.54) is 5.56 Å². The number of para-hydroxylation sites is 2. The van der Waals surface area contributed by atoms with Crippen molar-refractivity contribution in [2.24, 2.45) is 0 Å². The molecule has 5 heteroatoms. The highest BCUT2D eigenvalue weighted by Gasteiger charge is 2.27. The van der Waals surface area contributed by atoms with Crippen LogP contribution in [-0.4, -0.2) is 37.6 Å². The Morgan fingerprint density at radius 1 is 1.19 bits per heavy atom. The molecule has 1 heterocycles. The largest absolute Gasteiger partial charge is 0.497 e. The first-order valence-electron chi connectivity index (χ1n) is 9.11. The van der Waals surface area contributed by atoms with E-state index in [4.69, 9.17) is 9.47 Å². The van der Waals surface area contributed by atoms with Crippen molar-refractivity contribution in [1.82, 2.24) is 4.90 Å². The van der Waals surface area contributed by atoms with Gasteiger partial charge >= 0.3 is 0 Å². The van der Waals surface area contributed by atoms with Gasteiger partial charge in [-0.1, -0.05) is 24.3 Å². The fourth-order valence-electron chi connectivity index (χ4n) is 3.44. The number of ether oxygens (including phenoxy) is 2. The molecule has 0 radical (unpaired) electrons. The molecule has 1 aliphatic rings. The molecule has 0 aromatic heterocycles. The molecule has 1 N–H and O–H groups in total. The molecule has 26 heavy (non-hydrogen) atoms. The average molecular weight is 354 g/mol. The number of amides is 1. The third-order valence-electron chi connectivity index (χ3n) is 4.67. The summed E-state index contributed by atoms with van der Waals surface area (Å²) in [6.07, 6.45) is 2.16. The highest BCUT2D eigenvalue weighted by atomic mass is 16.5. The zero-order valence-corrected chi connectivity index (χ0v) is 15.4. The number of likely N-dealkylation sites (tertiary alicyclic amines) is 1. The lowest BCUT2D eigenvalue weighted by Crippen LogP contribution is -2.33. The van der Waals surface area contributed by atoms with Gasteiger partial charge in [0.2, 0.25) is 5.91 Å². The van der Waals surface area contributed by atoms with Gasteiger partial charge in [-0.15, -0.1) is 0 Å². The van der Waals surface area contributed by atoms with E-state index in [1.807, 2.05) is 43.3 Å². The molecule has 2 aromatic rings. The molecule has 1 amide bonds. The second-order valence-electron chi connectivity index (χ2n) is 6.38. The van der Waals surface area contributed by atoms with Crippen LogP contribution in [0.4, 0.5) is 5.69 Å². The van der Waals surface area contributed by atoms with Gasteiger partial charge in [0.1, 0.15) is 11.5 Å². The first-order valence-corrected chi connectivity index (χ1v) is 9.11. The average Bonchev–Trinajstić information content (AvgIpc) is 3.11. The van der Waals surface area contributed by atoms with Gasteiger partial charge in [-0.2, -0.15) is 0 Å². The predicted molar refractivity (Wildman–Crippen MR) is 103 cm³/mol. The molecule has 2 aromatic carbocycles. The fraction of sp³-hybridized carbons (Fsp3) is 0.381. The molecule has 0 aliphatic carbocycles. The van der Waals surface area contributed by atoms with Crippen molar-refractivity contribution in [3.05, 3.63) is 54.1 Å². The lowest BCUT2D eigenvalue weighted by molar-refractivity contribution is -0.117. The molecule has 0 bridgehead atoms. The van der Waals surface area contributed by atoms with Crippen LogP contribution in [0.15, 0.2) is 48.5 Å². The summed E-state index contributed by atoms with van der Waals surface area (Å²) in [5, 5.41) is 2.99. The van der Waals surface area contributed by atoms with E-state index in [-0.39, 0.29) is 11.9 Å². The summed E-state index contributed by atoms with van der Waals surface area (Å²) in [4.78, 5) is 14.8. The van der Waals surface area contributed by atoms with Crippen molar-refractivity contribution >= 4 is 11.6 Å². The number of hydrogen-bond donors (Lipinski definition) is 1. The van der Waals surface area contributed by atoms with Gasteiger partial charge in [0.05, 0.1) is 25.9 Å². The van der Waals surface area contributed by atoms with Gasteiger partial charge in [0, 0.05) is 6.04 Å². The van der Waals surface area contributed by atoms with E-state index < -0.39 is 0 Å². The summed E-state index contributed by atoms with van der Waals surface area (Å²) in [6, 6.07) is 15.9. The molecule has 5 nitrogen and oxygen atoms in total. The first kappa shape index (κ1) is 18.3. The first-order chi connectivity index (χ1) is 12.7. The second kappa shape index (κ2) is 8.72. The van der Waals surface area contributed by atoms with Gasteiger partial charge in [-0.05, 0) is 56.1 Å². The van der Waals surface area contributed by atoms with Crippen LogP contribution < -0.4 is 14.8 Å². The molecule has 1 aliphatic heterocycles. The maximum absolute atomic E-state index is 12.6. The van der Waals surface area contributed by atoms with E-state index in [0.717, 1.165) is 30.8 Å². The Morgan fingerprint density at radius 2 is 1.96 bits per heavy atom. The summed E-state index contributed by atoms with van der Waals surface area (Å²) in [5.74, 6) is 1.54. The highest BCUT2D eigenvalue weighted by molar-refractivity contribution is 5.93. The smallest absolute Gasteiger partial charge is 0.238 e. The zero-order valence-electron chi connectivity index (χ0n) is 15.4. The number of methoxy groups -OCH3 is 1. The van der Waals surface area contributed by atoms with E-state index in [9.17, 15) is 4.79 Å². The van der Waals surface area contributed by atoms with Crippen molar-refractivity contribution in [3.8, 4) is 11.5 Å². The number of benzene rings is 2. The van der Waals surface area contributed by atoms with Crippen LogP contribution in [0.5, 0.6) is 11.5 Å². The number of hydrogen-bond acceptors (Lipinski definition) is 4. The number of rotatable bonds is 7. The maximum Gasteiger partial charge on any atom is 0.238 e. The van der Waals surface area contributed by atoms with Crippen molar-refractivity contribution in [1.29, 1.82) is 0 Å². The summed E-state index contributed by atoms with van der Waals surface area (Å²) >= 11 is 0. The third-order valence-corrected chi connectivity index (χ3v) is 4.67. The topological polar surface area (TPSA) is 50.8 Å². The maximum atomic E-state index is 12.6. The molecule has 1 saturated heterocycles. The number of carbonyl (C=O) groups excluding carboxylic acids is 1. The van der Waals surface area contributed by atoms with Gasteiger partial charge in [0.25, 0.3) is 0 Å². The zero-order chi connectivity index (χ0) is 18.4. The van der Waals surface area contributed by atoms with Crippen LogP contribution in [0, 0.1) is 0 Å². The van der Waals surface area contributed by atoms with Crippen LogP contribution in [0.1, 0.15) is 31.4 Å². The normalized spacial score (nSPS) is 17.1. The summed E-state index contributed by atoms with van der Waals surface area (Å²) in [6.45, 7) is 3.80. The van der Waals surface area contributed by atoms with Crippen LogP contribution in [0.25, 0.3) is 0 Å². The monoisotopic (exact) mass is 354 g/mol. The number of anilines is 1.